The van der Waals surface area contributed by atoms with Crippen molar-refractivity contribution in [2.75, 3.05) is 24.7 Å². The number of hydrogen-bond acceptors (Lipinski definition) is 6. The largest absolute Gasteiger partial charge is 0.378 e. The molecule has 1 aliphatic carbocycles. The summed E-state index contributed by atoms with van der Waals surface area (Å²) >= 11 is 0. The van der Waals surface area contributed by atoms with Crippen LogP contribution in [0.2, 0.25) is 0 Å². The van der Waals surface area contributed by atoms with Gasteiger partial charge in [0.1, 0.15) is 12.1 Å². The van der Waals surface area contributed by atoms with Gasteiger partial charge in [0.2, 0.25) is 0 Å². The standard InChI is InChI=1S/C17H23N3O3S/c1-3-23-13-8-12(9-13)6-7-18-17-15-10-14(24(2,21)22)4-5-16(15)19-11-20-17/h4-5,10-13H,3,6-9H2,1-2H3,(H,18,19,20). The summed E-state index contributed by atoms with van der Waals surface area (Å²) in [5.41, 5.74) is 0.736. The van der Waals surface area contributed by atoms with Crippen LogP contribution in [0.25, 0.3) is 10.9 Å². The molecule has 0 amide bonds. The summed E-state index contributed by atoms with van der Waals surface area (Å²) in [6.45, 7) is 3.61. The van der Waals surface area contributed by atoms with E-state index in [0.29, 0.717) is 17.8 Å². The maximum atomic E-state index is 11.7. The third-order valence-electron chi connectivity index (χ3n) is 4.47. The number of rotatable bonds is 7. The van der Waals surface area contributed by atoms with E-state index in [2.05, 4.69) is 15.3 Å². The van der Waals surface area contributed by atoms with Crippen LogP contribution in [-0.2, 0) is 14.6 Å². The van der Waals surface area contributed by atoms with E-state index >= 15 is 0 Å². The molecular formula is C17H23N3O3S. The number of benzene rings is 1. The topological polar surface area (TPSA) is 81.2 Å². The summed E-state index contributed by atoms with van der Waals surface area (Å²) in [5, 5.41) is 4.06. The molecule has 0 saturated heterocycles. The van der Waals surface area contributed by atoms with Crippen LogP contribution < -0.4 is 5.32 Å². The first-order chi connectivity index (χ1) is 11.5. The second-order valence-corrected chi connectivity index (χ2v) is 8.32. The Morgan fingerprint density at radius 1 is 1.29 bits per heavy atom. The van der Waals surface area contributed by atoms with Crippen LogP contribution >= 0.6 is 0 Å². The third-order valence-corrected chi connectivity index (χ3v) is 5.59. The molecule has 130 valence electrons. The van der Waals surface area contributed by atoms with Crippen molar-refractivity contribution in [1.82, 2.24) is 9.97 Å². The zero-order chi connectivity index (χ0) is 17.2. The zero-order valence-corrected chi connectivity index (χ0v) is 14.8. The number of fused-ring (bicyclic) bond motifs is 1. The molecule has 1 N–H and O–H groups in total. The molecule has 0 radical (unpaired) electrons. The van der Waals surface area contributed by atoms with Gasteiger partial charge in [-0.25, -0.2) is 18.4 Å². The molecule has 0 bridgehead atoms. The molecule has 0 atom stereocenters. The summed E-state index contributed by atoms with van der Waals surface area (Å²) in [6.07, 6.45) is 6.43. The Morgan fingerprint density at radius 2 is 2.08 bits per heavy atom. The van der Waals surface area contributed by atoms with Crippen molar-refractivity contribution in [3.8, 4) is 0 Å². The molecule has 2 aromatic rings. The smallest absolute Gasteiger partial charge is 0.175 e. The fraction of sp³-hybridized carbons (Fsp3) is 0.529. The Labute approximate surface area is 142 Å². The van der Waals surface area contributed by atoms with Crippen molar-refractivity contribution in [1.29, 1.82) is 0 Å². The number of anilines is 1. The SMILES string of the molecule is CCOC1CC(CCNc2ncnc3ccc(S(C)(=O)=O)cc23)C1. The summed E-state index contributed by atoms with van der Waals surface area (Å²) in [6, 6.07) is 4.94. The van der Waals surface area contributed by atoms with Crippen molar-refractivity contribution in [3.63, 3.8) is 0 Å². The van der Waals surface area contributed by atoms with Crippen LogP contribution in [-0.4, -0.2) is 43.9 Å². The molecular weight excluding hydrogens is 326 g/mol. The van der Waals surface area contributed by atoms with Crippen molar-refractivity contribution in [2.45, 2.75) is 37.2 Å². The van der Waals surface area contributed by atoms with Crippen LogP contribution in [0.3, 0.4) is 0 Å². The molecule has 6 nitrogen and oxygen atoms in total. The lowest BCUT2D eigenvalue weighted by atomic mass is 9.80. The predicted octanol–water partition coefficient (Wildman–Crippen LogP) is 2.65. The van der Waals surface area contributed by atoms with Crippen LogP contribution in [0.4, 0.5) is 5.82 Å². The van der Waals surface area contributed by atoms with Gasteiger partial charge in [0.25, 0.3) is 0 Å². The molecule has 1 aliphatic rings. The van der Waals surface area contributed by atoms with Gasteiger partial charge in [-0.15, -0.1) is 0 Å². The Kier molecular flexibility index (Phi) is 5.01. The number of aromatic nitrogens is 2. The molecule has 1 aromatic carbocycles. The van der Waals surface area contributed by atoms with Crippen molar-refractivity contribution >= 4 is 26.6 Å². The second kappa shape index (κ2) is 7.03. The van der Waals surface area contributed by atoms with E-state index in [9.17, 15) is 8.42 Å². The highest BCUT2D eigenvalue weighted by atomic mass is 32.2. The Hall–Kier alpha value is -1.73. The van der Waals surface area contributed by atoms with Crippen molar-refractivity contribution < 1.29 is 13.2 Å². The van der Waals surface area contributed by atoms with Crippen LogP contribution in [0.15, 0.2) is 29.4 Å². The Bertz CT molecular complexity index is 817. The molecule has 0 spiro atoms. The minimum absolute atomic E-state index is 0.284. The van der Waals surface area contributed by atoms with E-state index in [1.54, 1.807) is 18.2 Å². The molecule has 1 saturated carbocycles. The number of nitrogens with one attached hydrogen (secondary N) is 1. The highest BCUT2D eigenvalue weighted by Gasteiger charge is 2.28. The van der Waals surface area contributed by atoms with Crippen LogP contribution in [0.1, 0.15) is 26.2 Å². The Balaban J connectivity index is 1.66. The number of sulfone groups is 1. The quantitative estimate of drug-likeness (QED) is 0.828. The van der Waals surface area contributed by atoms with E-state index < -0.39 is 9.84 Å². The normalized spacial score (nSPS) is 20.8. The van der Waals surface area contributed by atoms with Gasteiger partial charge in [-0.2, -0.15) is 0 Å². The van der Waals surface area contributed by atoms with E-state index in [1.165, 1.54) is 12.6 Å². The van der Waals surface area contributed by atoms with Crippen LogP contribution in [0, 0.1) is 5.92 Å². The highest BCUT2D eigenvalue weighted by Crippen LogP contribution is 2.32. The third kappa shape index (κ3) is 3.84. The predicted molar refractivity (Wildman–Crippen MR) is 93.9 cm³/mol. The number of ether oxygens (including phenoxy) is 1. The van der Waals surface area contributed by atoms with E-state index in [0.717, 1.165) is 43.3 Å². The molecule has 0 unspecified atom stereocenters. The lowest BCUT2D eigenvalue weighted by molar-refractivity contribution is -0.0255. The average Bonchev–Trinajstić information content (AvgIpc) is 2.51. The van der Waals surface area contributed by atoms with Crippen LogP contribution in [0.5, 0.6) is 0 Å². The van der Waals surface area contributed by atoms with Crippen molar-refractivity contribution in [2.24, 2.45) is 5.92 Å². The molecule has 7 heteroatoms. The van der Waals surface area contributed by atoms with Gasteiger partial charge >= 0.3 is 0 Å². The molecule has 1 fully saturated rings. The highest BCUT2D eigenvalue weighted by molar-refractivity contribution is 7.90. The van der Waals surface area contributed by atoms with Gasteiger partial charge in [-0.05, 0) is 50.3 Å². The number of hydrogen-bond donors (Lipinski definition) is 1. The van der Waals surface area contributed by atoms with Crippen molar-refractivity contribution in [3.05, 3.63) is 24.5 Å². The fourth-order valence-electron chi connectivity index (χ4n) is 3.08. The van der Waals surface area contributed by atoms with Gasteiger partial charge < -0.3 is 10.1 Å². The first-order valence-corrected chi connectivity index (χ1v) is 10.2. The monoisotopic (exact) mass is 349 g/mol. The number of nitrogens with zero attached hydrogens (tertiary/aromatic N) is 2. The van der Waals surface area contributed by atoms with Gasteiger partial charge in [-0.1, -0.05) is 0 Å². The Morgan fingerprint density at radius 3 is 2.79 bits per heavy atom. The van der Waals surface area contributed by atoms with E-state index in [4.69, 9.17) is 4.74 Å². The fourth-order valence-corrected chi connectivity index (χ4v) is 3.73. The van der Waals surface area contributed by atoms with Gasteiger partial charge in [0, 0.05) is 24.8 Å². The van der Waals surface area contributed by atoms with E-state index in [-0.39, 0.29) is 4.90 Å². The summed E-state index contributed by atoms with van der Waals surface area (Å²) in [4.78, 5) is 8.76. The second-order valence-electron chi connectivity index (χ2n) is 6.30. The molecule has 0 aliphatic heterocycles. The maximum absolute atomic E-state index is 11.7. The van der Waals surface area contributed by atoms with E-state index in [1.807, 2.05) is 6.92 Å². The molecule has 1 heterocycles. The lowest BCUT2D eigenvalue weighted by Gasteiger charge is -2.35. The van der Waals surface area contributed by atoms with Gasteiger partial charge in [-0.3, -0.25) is 0 Å². The minimum Gasteiger partial charge on any atom is -0.378 e. The van der Waals surface area contributed by atoms with Gasteiger partial charge in [0.15, 0.2) is 9.84 Å². The first kappa shape index (κ1) is 17.1. The minimum atomic E-state index is -3.25. The lowest BCUT2D eigenvalue weighted by Crippen LogP contribution is -2.32. The summed E-state index contributed by atoms with van der Waals surface area (Å²) < 4.78 is 29.1. The average molecular weight is 349 g/mol. The molecule has 24 heavy (non-hydrogen) atoms. The molecule has 3 rings (SSSR count). The van der Waals surface area contributed by atoms with Gasteiger partial charge in [0.05, 0.1) is 16.5 Å². The maximum Gasteiger partial charge on any atom is 0.175 e. The first-order valence-electron chi connectivity index (χ1n) is 8.27. The summed E-state index contributed by atoms with van der Waals surface area (Å²) in [5.74, 6) is 1.37. The summed E-state index contributed by atoms with van der Waals surface area (Å²) in [7, 11) is -3.25. The molecule has 1 aromatic heterocycles. The zero-order valence-electron chi connectivity index (χ0n) is 14.0.